The summed E-state index contributed by atoms with van der Waals surface area (Å²) in [6, 6.07) is 3.28. The molecule has 0 aromatic heterocycles. The van der Waals surface area contributed by atoms with Crippen molar-refractivity contribution in [2.45, 2.75) is 26.0 Å². The Labute approximate surface area is 120 Å². The van der Waals surface area contributed by atoms with E-state index in [-0.39, 0.29) is 5.82 Å². The van der Waals surface area contributed by atoms with Crippen LogP contribution >= 0.6 is 27.7 Å². The molecule has 1 aliphatic heterocycles. The van der Waals surface area contributed by atoms with Crippen molar-refractivity contribution in [3.8, 4) is 0 Å². The van der Waals surface area contributed by atoms with E-state index < -0.39 is 0 Å². The molecule has 0 saturated carbocycles. The average Bonchev–Trinajstić information content (AvgIpc) is 2.74. The van der Waals surface area contributed by atoms with Crippen LogP contribution in [0.4, 0.5) is 10.1 Å². The summed E-state index contributed by atoms with van der Waals surface area (Å²) in [6.45, 7) is 7.15. The molecule has 1 atom stereocenters. The van der Waals surface area contributed by atoms with Crippen LogP contribution in [0.25, 0.3) is 0 Å². The Morgan fingerprint density at radius 3 is 2.83 bits per heavy atom. The largest absolute Gasteiger partial charge is 0.335 e. The van der Waals surface area contributed by atoms with Gasteiger partial charge >= 0.3 is 0 Å². The van der Waals surface area contributed by atoms with Gasteiger partial charge in [-0.25, -0.2) is 4.39 Å². The molecule has 2 nitrogen and oxygen atoms in total. The molecule has 0 fully saturated rings. The monoisotopic (exact) mass is 330 g/mol. The van der Waals surface area contributed by atoms with E-state index in [1.54, 1.807) is 17.8 Å². The number of hydrogen-bond donors (Lipinski definition) is 1. The first-order chi connectivity index (χ1) is 8.47. The van der Waals surface area contributed by atoms with Crippen molar-refractivity contribution in [3.63, 3.8) is 0 Å². The zero-order valence-corrected chi connectivity index (χ0v) is 13.0. The molecule has 2 rings (SSSR count). The molecule has 0 aliphatic carbocycles. The molecule has 0 saturated heterocycles. The second-order valence-electron chi connectivity index (χ2n) is 4.75. The lowest BCUT2D eigenvalue weighted by molar-refractivity contribution is 0.620. The molecule has 1 aromatic rings. The molecule has 5 heteroatoms. The normalized spacial score (nSPS) is 19.2. The van der Waals surface area contributed by atoms with Gasteiger partial charge in [0.1, 0.15) is 5.82 Å². The third-order valence-electron chi connectivity index (χ3n) is 2.93. The quantitative estimate of drug-likeness (QED) is 0.867. The predicted molar refractivity (Wildman–Crippen MR) is 81.0 cm³/mol. The van der Waals surface area contributed by atoms with E-state index in [2.05, 4.69) is 40.1 Å². The second-order valence-corrected chi connectivity index (χ2v) is 6.83. The zero-order chi connectivity index (χ0) is 13.3. The maximum Gasteiger partial charge on any atom is 0.161 e. The van der Waals surface area contributed by atoms with Crippen molar-refractivity contribution in [2.75, 3.05) is 11.9 Å². The molecule has 1 heterocycles. The number of halogens is 2. The van der Waals surface area contributed by atoms with E-state index in [0.29, 0.717) is 15.6 Å². The first kappa shape index (κ1) is 13.9. The van der Waals surface area contributed by atoms with Crippen LogP contribution in [-0.4, -0.2) is 17.0 Å². The standard InChI is InChI=1S/C13H16BrFN2S/c1-7(2)12-6-16-13(18-12)17-11-5-9(14)10(15)4-8(11)3/h4-5,7,12H,6H2,1-3H3,(H,16,17). The maximum atomic E-state index is 13.3. The molecule has 18 heavy (non-hydrogen) atoms. The van der Waals surface area contributed by atoms with Crippen LogP contribution in [0.1, 0.15) is 19.4 Å². The van der Waals surface area contributed by atoms with Crippen molar-refractivity contribution in [2.24, 2.45) is 10.9 Å². The number of nitrogens with one attached hydrogen (secondary N) is 1. The first-order valence-electron chi connectivity index (χ1n) is 5.91. The van der Waals surface area contributed by atoms with Crippen LogP contribution in [0.15, 0.2) is 21.6 Å². The summed E-state index contributed by atoms with van der Waals surface area (Å²) in [7, 11) is 0. The fraction of sp³-hybridized carbons (Fsp3) is 0.462. The topological polar surface area (TPSA) is 24.4 Å². The van der Waals surface area contributed by atoms with Crippen LogP contribution in [0, 0.1) is 18.7 Å². The molecule has 0 radical (unpaired) electrons. The number of amidine groups is 1. The van der Waals surface area contributed by atoms with Gasteiger partial charge in [-0.05, 0) is 46.5 Å². The lowest BCUT2D eigenvalue weighted by Crippen LogP contribution is -2.13. The van der Waals surface area contributed by atoms with Gasteiger partial charge in [0.2, 0.25) is 0 Å². The molecular weight excluding hydrogens is 315 g/mol. The van der Waals surface area contributed by atoms with Crippen LogP contribution < -0.4 is 5.32 Å². The van der Waals surface area contributed by atoms with E-state index in [1.165, 1.54) is 6.07 Å². The minimum absolute atomic E-state index is 0.237. The Balaban J connectivity index is 2.09. The highest BCUT2D eigenvalue weighted by molar-refractivity contribution is 9.10. The zero-order valence-electron chi connectivity index (χ0n) is 10.6. The molecule has 98 valence electrons. The third-order valence-corrected chi connectivity index (χ3v) is 4.99. The second kappa shape index (κ2) is 5.61. The molecule has 1 unspecified atom stereocenters. The van der Waals surface area contributed by atoms with E-state index in [0.717, 1.165) is 23.0 Å². The number of aryl methyl sites for hydroxylation is 1. The summed E-state index contributed by atoms with van der Waals surface area (Å²) in [5, 5.41) is 4.74. The highest BCUT2D eigenvalue weighted by Crippen LogP contribution is 2.30. The smallest absolute Gasteiger partial charge is 0.161 e. The van der Waals surface area contributed by atoms with E-state index in [1.807, 2.05) is 6.92 Å². The Hall–Kier alpha value is -0.550. The van der Waals surface area contributed by atoms with Crippen LogP contribution in [0.5, 0.6) is 0 Å². The molecule has 0 bridgehead atoms. The predicted octanol–water partition coefficient (Wildman–Crippen LogP) is 4.44. The first-order valence-corrected chi connectivity index (χ1v) is 7.58. The summed E-state index contributed by atoms with van der Waals surface area (Å²) in [4.78, 5) is 4.49. The lowest BCUT2D eigenvalue weighted by Gasteiger charge is -2.13. The summed E-state index contributed by atoms with van der Waals surface area (Å²) < 4.78 is 13.8. The van der Waals surface area contributed by atoms with Crippen LogP contribution in [0.3, 0.4) is 0 Å². The number of anilines is 1. The summed E-state index contributed by atoms with van der Waals surface area (Å²) >= 11 is 4.97. The van der Waals surface area contributed by atoms with Gasteiger partial charge in [-0.2, -0.15) is 0 Å². The fourth-order valence-corrected chi connectivity index (χ4v) is 3.07. The third kappa shape index (κ3) is 3.06. The van der Waals surface area contributed by atoms with Crippen molar-refractivity contribution >= 4 is 38.5 Å². The van der Waals surface area contributed by atoms with Gasteiger partial charge in [0.05, 0.1) is 11.0 Å². The molecule has 0 spiro atoms. The highest BCUT2D eigenvalue weighted by Gasteiger charge is 2.22. The Morgan fingerprint density at radius 2 is 2.22 bits per heavy atom. The number of benzene rings is 1. The number of hydrogen-bond acceptors (Lipinski definition) is 3. The van der Waals surface area contributed by atoms with Gasteiger partial charge in [0.15, 0.2) is 5.17 Å². The van der Waals surface area contributed by atoms with Crippen molar-refractivity contribution in [3.05, 3.63) is 28.0 Å². The molecule has 1 N–H and O–H groups in total. The van der Waals surface area contributed by atoms with Crippen LogP contribution in [-0.2, 0) is 0 Å². The molecule has 1 aliphatic rings. The van der Waals surface area contributed by atoms with E-state index in [4.69, 9.17) is 0 Å². The molecule has 1 aromatic carbocycles. The van der Waals surface area contributed by atoms with Gasteiger partial charge in [-0.15, -0.1) is 0 Å². The van der Waals surface area contributed by atoms with Gasteiger partial charge in [0, 0.05) is 10.9 Å². The van der Waals surface area contributed by atoms with Crippen LogP contribution in [0.2, 0.25) is 0 Å². The van der Waals surface area contributed by atoms with Crippen molar-refractivity contribution in [1.82, 2.24) is 0 Å². The minimum Gasteiger partial charge on any atom is -0.335 e. The van der Waals surface area contributed by atoms with Gasteiger partial charge in [-0.3, -0.25) is 4.99 Å². The van der Waals surface area contributed by atoms with E-state index >= 15 is 0 Å². The SMILES string of the molecule is Cc1cc(F)c(Br)cc1NC1=NCC(C(C)C)S1. The fourth-order valence-electron chi connectivity index (χ4n) is 1.70. The number of rotatable bonds is 2. The van der Waals surface area contributed by atoms with Crippen molar-refractivity contribution in [1.29, 1.82) is 0 Å². The van der Waals surface area contributed by atoms with Crippen molar-refractivity contribution < 1.29 is 4.39 Å². The maximum absolute atomic E-state index is 13.3. The lowest BCUT2D eigenvalue weighted by atomic mass is 10.1. The summed E-state index contributed by atoms with van der Waals surface area (Å²) in [6.07, 6.45) is 0. The van der Waals surface area contributed by atoms with Gasteiger partial charge in [0.25, 0.3) is 0 Å². The molecular formula is C13H16BrFN2S. The van der Waals surface area contributed by atoms with E-state index in [9.17, 15) is 4.39 Å². The highest BCUT2D eigenvalue weighted by atomic mass is 79.9. The Morgan fingerprint density at radius 1 is 1.50 bits per heavy atom. The number of thioether (sulfide) groups is 1. The number of nitrogens with zero attached hydrogens (tertiary/aromatic N) is 1. The Kier molecular flexibility index (Phi) is 4.33. The average molecular weight is 331 g/mol. The van der Waals surface area contributed by atoms with Gasteiger partial charge < -0.3 is 5.32 Å². The Bertz CT molecular complexity index is 488. The summed E-state index contributed by atoms with van der Waals surface area (Å²) in [5.41, 5.74) is 1.78. The van der Waals surface area contributed by atoms with Gasteiger partial charge in [-0.1, -0.05) is 25.6 Å². The summed E-state index contributed by atoms with van der Waals surface area (Å²) in [5.74, 6) is 0.373. The molecule has 0 amide bonds. The minimum atomic E-state index is -0.237. The number of aliphatic imine (C=N–C) groups is 1.